The molecule has 1 aromatic carbocycles. The van der Waals surface area contributed by atoms with E-state index in [4.69, 9.17) is 0 Å². The lowest BCUT2D eigenvalue weighted by Crippen LogP contribution is -2.12. The van der Waals surface area contributed by atoms with Crippen LogP contribution in [0.5, 0.6) is 0 Å². The largest absolute Gasteiger partial charge is 0.391 e. The molecule has 0 aliphatic heterocycles. The van der Waals surface area contributed by atoms with Gasteiger partial charge in [0.15, 0.2) is 0 Å². The van der Waals surface area contributed by atoms with Gasteiger partial charge in [-0.25, -0.2) is 0 Å². The topological polar surface area (TPSA) is 20.2 Å². The minimum atomic E-state index is -0.303. The molecule has 1 N–H and O–H groups in total. The summed E-state index contributed by atoms with van der Waals surface area (Å²) in [6, 6.07) is 10.2. The molecule has 0 bridgehead atoms. The first kappa shape index (κ1) is 16.2. The van der Waals surface area contributed by atoms with E-state index in [2.05, 4.69) is 18.7 Å². The summed E-state index contributed by atoms with van der Waals surface area (Å²) >= 11 is 3.36. The molecule has 3 heteroatoms. The Kier molecular flexibility index (Phi) is 8.47. The fourth-order valence-corrected chi connectivity index (χ4v) is 3.19. The molecule has 102 valence electrons. The first-order valence-corrected chi connectivity index (χ1v) is 8.17. The third-order valence-electron chi connectivity index (χ3n) is 2.31. The molecule has 1 unspecified atom stereocenters. The third-order valence-corrected chi connectivity index (χ3v) is 4.72. The van der Waals surface area contributed by atoms with Gasteiger partial charge in [0.05, 0.1) is 6.10 Å². The number of benzene rings is 1. The summed E-state index contributed by atoms with van der Waals surface area (Å²) in [5, 5.41) is 9.97. The Morgan fingerprint density at radius 1 is 1.32 bits per heavy atom. The molecule has 0 spiro atoms. The van der Waals surface area contributed by atoms with Crippen molar-refractivity contribution in [3.63, 3.8) is 0 Å². The minimum Gasteiger partial charge on any atom is -0.391 e. The molecule has 0 radical (unpaired) electrons. The summed E-state index contributed by atoms with van der Waals surface area (Å²) in [6.07, 6.45) is 7.41. The lowest BCUT2D eigenvalue weighted by Gasteiger charge is -2.10. The van der Waals surface area contributed by atoms with Crippen LogP contribution in [0.15, 0.2) is 71.0 Å². The van der Waals surface area contributed by atoms with E-state index in [1.165, 1.54) is 4.90 Å². The van der Waals surface area contributed by atoms with Crippen molar-refractivity contribution in [3.8, 4) is 0 Å². The van der Waals surface area contributed by atoms with Crippen molar-refractivity contribution in [1.29, 1.82) is 0 Å². The molecule has 19 heavy (non-hydrogen) atoms. The first-order chi connectivity index (χ1) is 9.26. The Labute approximate surface area is 124 Å². The van der Waals surface area contributed by atoms with Crippen molar-refractivity contribution in [2.45, 2.75) is 17.9 Å². The fourth-order valence-electron chi connectivity index (χ4n) is 1.34. The highest BCUT2D eigenvalue weighted by Crippen LogP contribution is 2.22. The molecule has 0 saturated carbocycles. The summed E-state index contributed by atoms with van der Waals surface area (Å²) in [5.74, 6) is 1.43. The molecule has 1 atom stereocenters. The molecule has 0 aliphatic rings. The number of hydrogen-bond acceptors (Lipinski definition) is 3. The van der Waals surface area contributed by atoms with Crippen LogP contribution in [0.4, 0.5) is 0 Å². The van der Waals surface area contributed by atoms with Crippen molar-refractivity contribution in [3.05, 3.63) is 66.1 Å². The maximum Gasteiger partial charge on any atom is 0.0727 e. The van der Waals surface area contributed by atoms with Crippen molar-refractivity contribution >= 4 is 23.5 Å². The quantitative estimate of drug-likeness (QED) is 0.562. The first-order valence-electron chi connectivity index (χ1n) is 6.20. The van der Waals surface area contributed by atoms with E-state index in [0.29, 0.717) is 5.75 Å². The highest BCUT2D eigenvalue weighted by atomic mass is 32.2. The standard InChI is InChI=1S/C16H20OS2/c1-3-5-9-15(4-2)18-12-14(17)13-19-16-10-7-6-8-11-16/h3-11,14,17H,1,12-13H2,2H3/b9-5-,15-4+. The molecular formula is C16H20OS2. The Hall–Kier alpha value is -0.900. The predicted molar refractivity (Wildman–Crippen MR) is 88.7 cm³/mol. The van der Waals surface area contributed by atoms with Gasteiger partial charge in [0.1, 0.15) is 0 Å². The Morgan fingerprint density at radius 2 is 2.05 bits per heavy atom. The fraction of sp³-hybridized carbons (Fsp3) is 0.250. The van der Waals surface area contributed by atoms with E-state index in [1.54, 1.807) is 29.6 Å². The zero-order chi connectivity index (χ0) is 13.9. The zero-order valence-electron chi connectivity index (χ0n) is 11.2. The van der Waals surface area contributed by atoms with E-state index in [9.17, 15) is 5.11 Å². The van der Waals surface area contributed by atoms with Crippen LogP contribution < -0.4 is 0 Å². The van der Waals surface area contributed by atoms with Gasteiger partial charge in [-0.2, -0.15) is 0 Å². The van der Waals surface area contributed by atoms with Gasteiger partial charge in [0, 0.05) is 21.3 Å². The Bertz CT molecular complexity index is 424. The highest BCUT2D eigenvalue weighted by Gasteiger charge is 2.06. The number of hydrogen-bond donors (Lipinski definition) is 1. The van der Waals surface area contributed by atoms with Gasteiger partial charge >= 0.3 is 0 Å². The van der Waals surface area contributed by atoms with Crippen molar-refractivity contribution in [2.75, 3.05) is 11.5 Å². The second-order valence-electron chi connectivity index (χ2n) is 3.87. The molecule has 0 saturated heterocycles. The van der Waals surface area contributed by atoms with Crippen LogP contribution >= 0.6 is 23.5 Å². The Morgan fingerprint density at radius 3 is 2.68 bits per heavy atom. The number of aliphatic hydroxyl groups excluding tert-OH is 1. The number of aliphatic hydroxyl groups is 1. The van der Waals surface area contributed by atoms with Crippen LogP contribution in [0.25, 0.3) is 0 Å². The summed E-state index contributed by atoms with van der Waals surface area (Å²) < 4.78 is 0. The summed E-state index contributed by atoms with van der Waals surface area (Å²) in [4.78, 5) is 2.35. The van der Waals surface area contributed by atoms with Gasteiger partial charge < -0.3 is 5.11 Å². The zero-order valence-corrected chi connectivity index (χ0v) is 12.8. The lowest BCUT2D eigenvalue weighted by molar-refractivity contribution is 0.225. The van der Waals surface area contributed by atoms with E-state index < -0.39 is 0 Å². The molecule has 1 rings (SSSR count). The van der Waals surface area contributed by atoms with Gasteiger partial charge in [-0.3, -0.25) is 0 Å². The van der Waals surface area contributed by atoms with Gasteiger partial charge in [-0.05, 0) is 25.1 Å². The Balaban J connectivity index is 2.29. The van der Waals surface area contributed by atoms with E-state index in [0.717, 1.165) is 10.7 Å². The van der Waals surface area contributed by atoms with Gasteiger partial charge in [0.25, 0.3) is 0 Å². The number of rotatable bonds is 8. The van der Waals surface area contributed by atoms with E-state index in [-0.39, 0.29) is 6.10 Å². The molecular weight excluding hydrogens is 272 g/mol. The van der Waals surface area contributed by atoms with Gasteiger partial charge in [0.2, 0.25) is 0 Å². The normalized spacial score (nSPS) is 13.7. The van der Waals surface area contributed by atoms with Gasteiger partial charge in [-0.15, -0.1) is 23.5 Å². The van der Waals surface area contributed by atoms with Crippen LogP contribution in [-0.4, -0.2) is 22.7 Å². The highest BCUT2D eigenvalue weighted by molar-refractivity contribution is 8.03. The maximum absolute atomic E-state index is 9.97. The smallest absolute Gasteiger partial charge is 0.0727 e. The average molecular weight is 292 g/mol. The monoisotopic (exact) mass is 292 g/mol. The van der Waals surface area contributed by atoms with Crippen LogP contribution in [0.2, 0.25) is 0 Å². The third kappa shape index (κ3) is 7.31. The number of allylic oxidation sites excluding steroid dienone is 4. The van der Waals surface area contributed by atoms with Crippen LogP contribution in [0.3, 0.4) is 0 Å². The van der Waals surface area contributed by atoms with Crippen LogP contribution in [0, 0.1) is 0 Å². The van der Waals surface area contributed by atoms with E-state index in [1.807, 2.05) is 43.4 Å². The molecule has 1 aromatic rings. The van der Waals surface area contributed by atoms with Crippen molar-refractivity contribution < 1.29 is 5.11 Å². The average Bonchev–Trinajstić information content (AvgIpc) is 2.46. The summed E-state index contributed by atoms with van der Waals surface area (Å²) in [6.45, 7) is 5.65. The molecule has 0 heterocycles. The van der Waals surface area contributed by atoms with E-state index >= 15 is 0 Å². The second-order valence-corrected chi connectivity index (χ2v) is 6.06. The molecule has 0 amide bonds. The summed E-state index contributed by atoms with van der Waals surface area (Å²) in [7, 11) is 0. The molecule has 0 aliphatic carbocycles. The molecule has 0 aromatic heterocycles. The van der Waals surface area contributed by atoms with Crippen molar-refractivity contribution in [2.24, 2.45) is 0 Å². The van der Waals surface area contributed by atoms with Crippen LogP contribution in [-0.2, 0) is 0 Å². The lowest BCUT2D eigenvalue weighted by atomic mass is 10.4. The minimum absolute atomic E-state index is 0.303. The predicted octanol–water partition coefficient (Wildman–Crippen LogP) is 4.52. The maximum atomic E-state index is 9.97. The molecule has 1 nitrogen and oxygen atoms in total. The second kappa shape index (κ2) is 9.96. The SMILES string of the molecule is C=C/C=C\C(=C/C)SCC(O)CSc1ccccc1. The van der Waals surface area contributed by atoms with Crippen molar-refractivity contribution in [1.82, 2.24) is 0 Å². The number of thioether (sulfide) groups is 2. The molecule has 0 fully saturated rings. The summed E-state index contributed by atoms with van der Waals surface area (Å²) in [5.41, 5.74) is 0. The van der Waals surface area contributed by atoms with Gasteiger partial charge in [-0.1, -0.05) is 43.0 Å². The van der Waals surface area contributed by atoms with Crippen LogP contribution in [0.1, 0.15) is 6.92 Å².